The van der Waals surface area contributed by atoms with Crippen molar-refractivity contribution in [1.29, 1.82) is 0 Å². The molecule has 3 aromatic rings. The Hall–Kier alpha value is -2.81. The van der Waals surface area contributed by atoms with Crippen LogP contribution in [-0.2, 0) is 6.42 Å². The van der Waals surface area contributed by atoms with Gasteiger partial charge >= 0.3 is 5.63 Å². The van der Waals surface area contributed by atoms with Crippen LogP contribution in [0.5, 0.6) is 5.75 Å². The molecule has 0 aliphatic heterocycles. The van der Waals surface area contributed by atoms with Gasteiger partial charge in [0.15, 0.2) is 0 Å². The van der Waals surface area contributed by atoms with Gasteiger partial charge in [-0.25, -0.2) is 4.79 Å². The van der Waals surface area contributed by atoms with Gasteiger partial charge in [0.25, 0.3) is 0 Å². The van der Waals surface area contributed by atoms with Gasteiger partial charge in [0.2, 0.25) is 0 Å². The Labute approximate surface area is 160 Å². The van der Waals surface area contributed by atoms with E-state index in [1.54, 1.807) is 6.07 Å². The van der Waals surface area contributed by atoms with E-state index in [1.165, 1.54) is 24.8 Å². The van der Waals surface area contributed by atoms with Crippen molar-refractivity contribution in [2.75, 3.05) is 6.61 Å². The van der Waals surface area contributed by atoms with Crippen molar-refractivity contribution in [2.24, 2.45) is 0 Å². The topological polar surface area (TPSA) is 39.4 Å². The molecule has 0 saturated carbocycles. The Kier molecular flexibility index (Phi) is 6.12. The molecule has 0 aliphatic carbocycles. The van der Waals surface area contributed by atoms with E-state index in [0.29, 0.717) is 23.5 Å². The Bertz CT molecular complexity index is 981. The van der Waals surface area contributed by atoms with Crippen molar-refractivity contribution in [3.63, 3.8) is 0 Å². The van der Waals surface area contributed by atoms with Gasteiger partial charge in [-0.05, 0) is 54.7 Å². The minimum absolute atomic E-state index is 0.335. The fourth-order valence-corrected chi connectivity index (χ4v) is 3.02. The smallest absolute Gasteiger partial charge is 0.344 e. The molecule has 0 saturated heterocycles. The molecule has 0 spiro atoms. The van der Waals surface area contributed by atoms with Gasteiger partial charge in [0.1, 0.15) is 17.9 Å². The van der Waals surface area contributed by atoms with Crippen LogP contribution in [0.15, 0.2) is 69.9 Å². The largest absolute Gasteiger partial charge is 0.489 e. The predicted octanol–water partition coefficient (Wildman–Crippen LogP) is 6.15. The summed E-state index contributed by atoms with van der Waals surface area (Å²) in [5, 5.41) is 0.874. The monoisotopic (exact) mass is 362 g/mol. The maximum Gasteiger partial charge on any atom is 0.344 e. The number of unbranched alkanes of at least 4 members (excludes halogenated alkanes) is 2. The van der Waals surface area contributed by atoms with Gasteiger partial charge in [-0.2, -0.15) is 0 Å². The van der Waals surface area contributed by atoms with E-state index in [0.717, 1.165) is 22.9 Å². The average molecular weight is 362 g/mol. The van der Waals surface area contributed by atoms with Gasteiger partial charge < -0.3 is 9.15 Å². The third-order valence-electron chi connectivity index (χ3n) is 4.53. The van der Waals surface area contributed by atoms with Crippen LogP contribution in [-0.4, -0.2) is 6.61 Å². The molecule has 0 bridgehead atoms. The van der Waals surface area contributed by atoms with Crippen molar-refractivity contribution in [3.05, 3.63) is 76.7 Å². The highest BCUT2D eigenvalue weighted by molar-refractivity contribution is 5.82. The molecule has 0 unspecified atom stereocenters. The normalized spacial score (nSPS) is 10.9. The zero-order valence-corrected chi connectivity index (χ0v) is 16.1. The molecule has 0 fully saturated rings. The number of fused-ring (bicyclic) bond motifs is 1. The van der Waals surface area contributed by atoms with Crippen LogP contribution in [0.25, 0.3) is 22.1 Å². The Morgan fingerprint density at radius 3 is 2.56 bits per heavy atom. The van der Waals surface area contributed by atoms with Crippen molar-refractivity contribution < 1.29 is 9.15 Å². The van der Waals surface area contributed by atoms with Crippen LogP contribution < -0.4 is 10.4 Å². The maximum atomic E-state index is 12.5. The van der Waals surface area contributed by atoms with Gasteiger partial charge in [-0.3, -0.25) is 0 Å². The highest BCUT2D eigenvalue weighted by Crippen LogP contribution is 2.25. The predicted molar refractivity (Wildman–Crippen MR) is 111 cm³/mol. The lowest BCUT2D eigenvalue weighted by Crippen LogP contribution is -2.03. The lowest BCUT2D eigenvalue weighted by Gasteiger charge is -2.08. The molecule has 0 radical (unpaired) electrons. The fourth-order valence-electron chi connectivity index (χ4n) is 3.02. The summed E-state index contributed by atoms with van der Waals surface area (Å²) in [6.45, 7) is 8.37. The van der Waals surface area contributed by atoms with E-state index >= 15 is 0 Å². The van der Waals surface area contributed by atoms with Crippen LogP contribution in [0, 0.1) is 0 Å². The second-order valence-corrected chi connectivity index (χ2v) is 7.05. The van der Waals surface area contributed by atoms with E-state index in [2.05, 4.69) is 25.6 Å². The minimum atomic E-state index is -0.335. The number of ether oxygens (including phenoxy) is 1. The molecule has 0 atom stereocenters. The Balaban J connectivity index is 1.84. The first-order chi connectivity index (χ1) is 13.1. The van der Waals surface area contributed by atoms with Gasteiger partial charge in [-0.1, -0.05) is 50.6 Å². The molecular formula is C24H26O3. The van der Waals surface area contributed by atoms with E-state index in [4.69, 9.17) is 9.15 Å². The van der Waals surface area contributed by atoms with Crippen molar-refractivity contribution in [1.82, 2.24) is 0 Å². The third-order valence-corrected chi connectivity index (χ3v) is 4.53. The number of hydrogen-bond donors (Lipinski definition) is 0. The SMILES string of the molecule is C=C(C)COc1ccc2cc(-c3ccc(CCCCC)cc3)c(=O)oc2c1. The van der Waals surface area contributed by atoms with Crippen LogP contribution in [0.1, 0.15) is 38.7 Å². The van der Waals surface area contributed by atoms with Gasteiger partial charge in [0.05, 0.1) is 5.56 Å². The van der Waals surface area contributed by atoms with Crippen LogP contribution in [0.3, 0.4) is 0 Å². The zero-order valence-electron chi connectivity index (χ0n) is 16.1. The third kappa shape index (κ3) is 4.88. The first kappa shape index (κ1) is 19.0. The first-order valence-electron chi connectivity index (χ1n) is 9.51. The molecule has 3 heteroatoms. The second-order valence-electron chi connectivity index (χ2n) is 7.05. The van der Waals surface area contributed by atoms with E-state index in [-0.39, 0.29) is 5.63 Å². The highest BCUT2D eigenvalue weighted by Gasteiger charge is 2.09. The van der Waals surface area contributed by atoms with Crippen molar-refractivity contribution >= 4 is 11.0 Å². The highest BCUT2D eigenvalue weighted by atomic mass is 16.5. The maximum absolute atomic E-state index is 12.5. The van der Waals surface area contributed by atoms with E-state index < -0.39 is 0 Å². The van der Waals surface area contributed by atoms with Crippen LogP contribution >= 0.6 is 0 Å². The Morgan fingerprint density at radius 1 is 1.07 bits per heavy atom. The van der Waals surface area contributed by atoms with E-state index in [1.807, 2.05) is 37.3 Å². The number of benzene rings is 2. The summed E-state index contributed by atoms with van der Waals surface area (Å²) in [5.74, 6) is 0.665. The van der Waals surface area contributed by atoms with Crippen LogP contribution in [0.4, 0.5) is 0 Å². The summed E-state index contributed by atoms with van der Waals surface area (Å²) in [6, 6.07) is 15.6. The molecule has 0 amide bonds. The first-order valence-corrected chi connectivity index (χ1v) is 9.51. The van der Waals surface area contributed by atoms with Gasteiger partial charge in [-0.15, -0.1) is 0 Å². The summed E-state index contributed by atoms with van der Waals surface area (Å²) >= 11 is 0. The quantitative estimate of drug-likeness (QED) is 0.274. The van der Waals surface area contributed by atoms with Crippen molar-refractivity contribution in [3.8, 4) is 16.9 Å². The lowest BCUT2D eigenvalue weighted by atomic mass is 10.0. The van der Waals surface area contributed by atoms with Gasteiger partial charge in [0, 0.05) is 11.5 Å². The molecule has 140 valence electrons. The fraction of sp³-hybridized carbons (Fsp3) is 0.292. The second kappa shape index (κ2) is 8.72. The molecule has 1 aromatic heterocycles. The van der Waals surface area contributed by atoms with Crippen molar-refractivity contribution in [2.45, 2.75) is 39.5 Å². The molecule has 0 N–H and O–H groups in total. The van der Waals surface area contributed by atoms with Crippen LogP contribution in [0.2, 0.25) is 0 Å². The molecule has 0 aliphatic rings. The molecule has 2 aromatic carbocycles. The number of hydrogen-bond acceptors (Lipinski definition) is 3. The summed E-state index contributed by atoms with van der Waals surface area (Å²) in [4.78, 5) is 12.5. The molecule has 1 heterocycles. The summed E-state index contributed by atoms with van der Waals surface area (Å²) in [6.07, 6.45) is 4.74. The molecule has 3 rings (SSSR count). The summed E-state index contributed by atoms with van der Waals surface area (Å²) in [7, 11) is 0. The zero-order chi connectivity index (χ0) is 19.2. The molecule has 27 heavy (non-hydrogen) atoms. The van der Waals surface area contributed by atoms with E-state index in [9.17, 15) is 4.79 Å². The number of aryl methyl sites for hydroxylation is 1. The standard InChI is InChI=1S/C24H26O3/c1-4-5-6-7-18-8-10-19(11-9-18)22-14-20-12-13-21(26-16-17(2)3)15-23(20)27-24(22)25/h8-15H,2,4-7,16H2,1,3H3. The summed E-state index contributed by atoms with van der Waals surface area (Å²) < 4.78 is 11.2. The minimum Gasteiger partial charge on any atom is -0.489 e. The summed E-state index contributed by atoms with van der Waals surface area (Å²) in [5.41, 5.74) is 3.89. The Morgan fingerprint density at radius 2 is 1.85 bits per heavy atom. The number of rotatable bonds is 8. The molecule has 3 nitrogen and oxygen atoms in total. The molecular weight excluding hydrogens is 336 g/mol. The lowest BCUT2D eigenvalue weighted by molar-refractivity contribution is 0.352. The average Bonchev–Trinajstić information content (AvgIpc) is 2.66.